The van der Waals surface area contributed by atoms with Gasteiger partial charge in [0.2, 0.25) is 5.91 Å². The van der Waals surface area contributed by atoms with Crippen molar-refractivity contribution >= 4 is 17.6 Å². The fraction of sp³-hybridized carbons (Fsp3) is 0.600. The molecule has 1 amide bonds. The zero-order valence-corrected chi connectivity index (χ0v) is 16.8. The van der Waals surface area contributed by atoms with E-state index in [0.29, 0.717) is 6.04 Å². The zero-order chi connectivity index (χ0) is 19.5. The first-order chi connectivity index (χ1) is 13.1. The van der Waals surface area contributed by atoms with Gasteiger partial charge in [-0.3, -0.25) is 14.7 Å². The molecule has 0 aliphatic carbocycles. The van der Waals surface area contributed by atoms with Crippen molar-refractivity contribution in [3.8, 4) is 0 Å². The molecule has 0 aromatic heterocycles. The summed E-state index contributed by atoms with van der Waals surface area (Å²) in [5.41, 5.74) is 2.04. The first-order valence-electron chi connectivity index (χ1n) is 9.79. The summed E-state index contributed by atoms with van der Waals surface area (Å²) < 4.78 is 5.41. The lowest BCUT2D eigenvalue weighted by molar-refractivity contribution is -0.114. The van der Waals surface area contributed by atoms with Crippen LogP contribution < -0.4 is 16.0 Å². The van der Waals surface area contributed by atoms with Gasteiger partial charge in [0.25, 0.3) is 0 Å². The zero-order valence-electron chi connectivity index (χ0n) is 16.8. The minimum atomic E-state index is -0.0535. The number of benzene rings is 1. The summed E-state index contributed by atoms with van der Waals surface area (Å²) in [4.78, 5) is 18.2. The van der Waals surface area contributed by atoms with Gasteiger partial charge in [-0.15, -0.1) is 0 Å². The van der Waals surface area contributed by atoms with Crippen molar-refractivity contribution in [1.29, 1.82) is 0 Å². The molecule has 7 heteroatoms. The summed E-state index contributed by atoms with van der Waals surface area (Å²) in [6, 6.07) is 8.35. The molecule has 150 valence electrons. The Morgan fingerprint density at radius 1 is 1.22 bits per heavy atom. The third-order valence-electron chi connectivity index (χ3n) is 4.51. The van der Waals surface area contributed by atoms with Crippen LogP contribution in [-0.2, 0) is 16.0 Å². The molecule has 0 saturated carbocycles. The lowest BCUT2D eigenvalue weighted by Crippen LogP contribution is -2.44. The topological polar surface area (TPSA) is 78.0 Å². The normalized spacial score (nSPS) is 16.6. The molecule has 0 spiro atoms. The van der Waals surface area contributed by atoms with E-state index >= 15 is 0 Å². The number of hydrogen-bond donors (Lipinski definition) is 3. The number of nitrogens with zero attached hydrogens (tertiary/aromatic N) is 2. The predicted octanol–water partition coefficient (Wildman–Crippen LogP) is 1.46. The lowest BCUT2D eigenvalue weighted by Gasteiger charge is -2.31. The Morgan fingerprint density at radius 3 is 2.56 bits per heavy atom. The van der Waals surface area contributed by atoms with Crippen LogP contribution in [0, 0.1) is 0 Å². The van der Waals surface area contributed by atoms with Crippen molar-refractivity contribution in [2.24, 2.45) is 4.99 Å². The van der Waals surface area contributed by atoms with Crippen LogP contribution in [-0.4, -0.2) is 68.7 Å². The monoisotopic (exact) mass is 375 g/mol. The number of carbonyl (C=O) groups is 1. The highest BCUT2D eigenvalue weighted by Gasteiger charge is 2.16. The molecule has 1 aromatic rings. The first-order valence-corrected chi connectivity index (χ1v) is 9.79. The maximum Gasteiger partial charge on any atom is 0.221 e. The second-order valence-electron chi connectivity index (χ2n) is 6.77. The van der Waals surface area contributed by atoms with Gasteiger partial charge in [-0.05, 0) is 38.0 Å². The number of rotatable bonds is 8. The van der Waals surface area contributed by atoms with Gasteiger partial charge in [-0.25, -0.2) is 0 Å². The fourth-order valence-electron chi connectivity index (χ4n) is 2.98. The predicted molar refractivity (Wildman–Crippen MR) is 110 cm³/mol. The Bertz CT molecular complexity index is 597. The van der Waals surface area contributed by atoms with Crippen LogP contribution in [0.3, 0.4) is 0 Å². The maximum absolute atomic E-state index is 11.1. The molecular weight excluding hydrogens is 342 g/mol. The van der Waals surface area contributed by atoms with Crippen LogP contribution in [0.15, 0.2) is 29.3 Å². The van der Waals surface area contributed by atoms with Gasteiger partial charge in [0.05, 0.1) is 19.8 Å². The average Bonchev–Trinajstić information content (AvgIpc) is 2.67. The first kappa shape index (κ1) is 21.2. The number of carbonyl (C=O) groups excluding carboxylic acids is 1. The van der Waals surface area contributed by atoms with E-state index in [2.05, 4.69) is 34.7 Å². The summed E-state index contributed by atoms with van der Waals surface area (Å²) in [5, 5.41) is 9.49. The van der Waals surface area contributed by atoms with Gasteiger partial charge in [0.15, 0.2) is 5.96 Å². The SMILES string of the molecule is CCNC(=NCC(C)N1CCOCC1)NCCc1ccc(NC(C)=O)cc1. The van der Waals surface area contributed by atoms with Crippen LogP contribution in [0.2, 0.25) is 0 Å². The molecule has 1 aliphatic rings. The van der Waals surface area contributed by atoms with Gasteiger partial charge in [-0.2, -0.15) is 0 Å². The number of morpholine rings is 1. The van der Waals surface area contributed by atoms with Crippen molar-refractivity contribution in [2.75, 3.05) is 51.3 Å². The molecule has 1 aromatic carbocycles. The van der Waals surface area contributed by atoms with E-state index in [1.165, 1.54) is 12.5 Å². The molecule has 2 rings (SSSR count). The number of ether oxygens (including phenoxy) is 1. The van der Waals surface area contributed by atoms with Gasteiger partial charge in [0.1, 0.15) is 0 Å². The van der Waals surface area contributed by atoms with E-state index in [1.54, 1.807) is 0 Å². The van der Waals surface area contributed by atoms with Crippen molar-refractivity contribution < 1.29 is 9.53 Å². The molecule has 0 radical (unpaired) electrons. The maximum atomic E-state index is 11.1. The van der Waals surface area contributed by atoms with Crippen molar-refractivity contribution in [3.05, 3.63) is 29.8 Å². The molecule has 1 unspecified atom stereocenters. The van der Waals surface area contributed by atoms with Crippen LogP contribution in [0.1, 0.15) is 26.3 Å². The third kappa shape index (κ3) is 7.97. The van der Waals surface area contributed by atoms with Crippen LogP contribution in [0.5, 0.6) is 0 Å². The molecule has 7 nitrogen and oxygen atoms in total. The smallest absolute Gasteiger partial charge is 0.221 e. The summed E-state index contributed by atoms with van der Waals surface area (Å²) in [6.45, 7) is 11.8. The summed E-state index contributed by atoms with van der Waals surface area (Å²) in [7, 11) is 0. The summed E-state index contributed by atoms with van der Waals surface area (Å²) in [5.74, 6) is 0.801. The number of hydrogen-bond acceptors (Lipinski definition) is 4. The molecule has 1 saturated heterocycles. The summed E-state index contributed by atoms with van der Waals surface area (Å²) >= 11 is 0. The minimum Gasteiger partial charge on any atom is -0.379 e. The second-order valence-corrected chi connectivity index (χ2v) is 6.77. The molecule has 1 fully saturated rings. The Balaban J connectivity index is 1.78. The van der Waals surface area contributed by atoms with Crippen LogP contribution >= 0.6 is 0 Å². The van der Waals surface area contributed by atoms with Crippen molar-refractivity contribution in [3.63, 3.8) is 0 Å². The van der Waals surface area contributed by atoms with Crippen molar-refractivity contribution in [1.82, 2.24) is 15.5 Å². The summed E-state index contributed by atoms with van der Waals surface area (Å²) in [6.07, 6.45) is 0.893. The quantitative estimate of drug-likeness (QED) is 0.474. The minimum absolute atomic E-state index is 0.0535. The third-order valence-corrected chi connectivity index (χ3v) is 4.51. The van der Waals surface area contributed by atoms with E-state index in [9.17, 15) is 4.79 Å². The van der Waals surface area contributed by atoms with Gasteiger partial charge in [-0.1, -0.05) is 12.1 Å². The molecule has 0 bridgehead atoms. The molecule has 1 atom stereocenters. The fourth-order valence-corrected chi connectivity index (χ4v) is 2.98. The highest BCUT2D eigenvalue weighted by molar-refractivity contribution is 5.88. The van der Waals surface area contributed by atoms with E-state index in [4.69, 9.17) is 9.73 Å². The van der Waals surface area contributed by atoms with Crippen LogP contribution in [0.25, 0.3) is 0 Å². The number of guanidine groups is 1. The van der Waals surface area contributed by atoms with Gasteiger partial charge >= 0.3 is 0 Å². The van der Waals surface area contributed by atoms with E-state index in [1.807, 2.05) is 24.3 Å². The molecule has 1 aliphatic heterocycles. The second kappa shape index (κ2) is 11.6. The average molecular weight is 376 g/mol. The standard InChI is InChI=1S/C20H33N5O2/c1-4-21-20(23-15-16(2)25-11-13-27-14-12-25)22-10-9-18-5-7-19(8-6-18)24-17(3)26/h5-8,16H,4,9-15H2,1-3H3,(H,24,26)(H2,21,22,23). The molecule has 1 heterocycles. The Labute approximate surface area is 162 Å². The van der Waals surface area contributed by atoms with Crippen LogP contribution in [0.4, 0.5) is 5.69 Å². The number of nitrogens with one attached hydrogen (secondary N) is 3. The Kier molecular flexibility index (Phi) is 9.07. The Hall–Kier alpha value is -2.12. The lowest BCUT2D eigenvalue weighted by atomic mass is 10.1. The molecule has 27 heavy (non-hydrogen) atoms. The van der Waals surface area contributed by atoms with E-state index < -0.39 is 0 Å². The molecular formula is C20H33N5O2. The Morgan fingerprint density at radius 2 is 1.93 bits per heavy atom. The number of anilines is 1. The number of aliphatic imine (C=N–C) groups is 1. The highest BCUT2D eigenvalue weighted by atomic mass is 16.5. The van der Waals surface area contributed by atoms with E-state index in [0.717, 1.165) is 64.0 Å². The van der Waals surface area contributed by atoms with Crippen molar-refractivity contribution in [2.45, 2.75) is 33.2 Å². The van der Waals surface area contributed by atoms with Gasteiger partial charge in [0, 0.05) is 44.8 Å². The number of amides is 1. The van der Waals surface area contributed by atoms with Gasteiger partial charge < -0.3 is 20.7 Å². The highest BCUT2D eigenvalue weighted by Crippen LogP contribution is 2.09. The molecule has 3 N–H and O–H groups in total. The van der Waals surface area contributed by atoms with E-state index in [-0.39, 0.29) is 5.91 Å². The largest absolute Gasteiger partial charge is 0.379 e.